The molecule has 0 spiro atoms. The molecule has 0 amide bonds. The summed E-state index contributed by atoms with van der Waals surface area (Å²) >= 11 is 0. The number of alkyl halides is 21. The Kier molecular flexibility index (Phi) is 10.8. The van der Waals surface area contributed by atoms with Crippen molar-refractivity contribution in [2.75, 3.05) is 13.2 Å². The first-order chi connectivity index (χ1) is 19.5. The molecule has 1 fully saturated rings. The zero-order chi connectivity index (χ0) is 36.4. The molecule has 1 heterocycles. The molecule has 1 aliphatic rings. The fraction of sp³-hybridized carbons (Fsp3) is 1.00. The quantitative estimate of drug-likeness (QED) is 0.209. The minimum Gasteiger partial charge on any atom is -0.394 e. The van der Waals surface area contributed by atoms with Crippen LogP contribution in [-0.2, 0) is 9.47 Å². The van der Waals surface area contributed by atoms with Gasteiger partial charge in [0.05, 0.1) is 13.2 Å². The molecule has 4 N–H and O–H groups in total. The molecule has 270 valence electrons. The van der Waals surface area contributed by atoms with Gasteiger partial charge in [-0.2, -0.15) is 92.2 Å². The summed E-state index contributed by atoms with van der Waals surface area (Å²) in [5, 5.41) is 37.4. The van der Waals surface area contributed by atoms with Gasteiger partial charge < -0.3 is 29.9 Å². The second kappa shape index (κ2) is 11.8. The predicted octanol–water partition coefficient (Wildman–Crippen LogP) is 4.47. The molecule has 0 unspecified atom stereocenters. The van der Waals surface area contributed by atoms with Crippen molar-refractivity contribution in [3.63, 3.8) is 0 Å². The van der Waals surface area contributed by atoms with Gasteiger partial charge in [-0.15, -0.1) is 0 Å². The molecule has 27 heteroatoms. The molecule has 0 bridgehead atoms. The van der Waals surface area contributed by atoms with E-state index in [0.29, 0.717) is 0 Å². The van der Waals surface area contributed by atoms with Crippen LogP contribution in [0.4, 0.5) is 92.2 Å². The van der Waals surface area contributed by atoms with Crippen LogP contribution in [0.3, 0.4) is 0 Å². The minimum atomic E-state index is -9.28. The van der Waals surface area contributed by atoms with Crippen molar-refractivity contribution in [3.05, 3.63) is 0 Å². The number of hydrogen-bond donors (Lipinski definition) is 4. The Labute approximate surface area is 233 Å². The van der Waals surface area contributed by atoms with E-state index >= 15 is 0 Å². The second-order valence-corrected chi connectivity index (χ2v) is 9.12. The molecule has 0 radical (unpaired) electrons. The van der Waals surface area contributed by atoms with E-state index in [9.17, 15) is 108 Å². The van der Waals surface area contributed by atoms with Crippen LogP contribution in [0.2, 0.25) is 0 Å². The van der Waals surface area contributed by atoms with E-state index in [0.717, 1.165) is 0 Å². The summed E-state index contributed by atoms with van der Waals surface area (Å²) in [6.45, 7) is -3.51. The maximum atomic E-state index is 14.0. The van der Waals surface area contributed by atoms with E-state index in [1.165, 1.54) is 0 Å². The molecule has 0 aromatic heterocycles. The summed E-state index contributed by atoms with van der Waals surface area (Å²) in [4.78, 5) is 0. The van der Waals surface area contributed by atoms with Crippen molar-refractivity contribution >= 4 is 0 Å². The Morgan fingerprint density at radius 3 is 1.13 bits per heavy atom. The average molecular weight is 726 g/mol. The SMILES string of the molecule is OC[C@H]1O[C@H](OCCC(F)(F)C(F)(F)C(F)(F)C(F)(F)C(F)(F)C(F)(F)C(F)(F)C(F)(F)C(F)(F)C(F)(F)F)[C@@H](O)[C@@H](O)[C@@H]1O. The zero-order valence-corrected chi connectivity index (χ0v) is 20.6. The van der Waals surface area contributed by atoms with Gasteiger partial charge in [-0.1, -0.05) is 0 Å². The molecule has 45 heavy (non-hydrogen) atoms. The largest absolute Gasteiger partial charge is 0.460 e. The van der Waals surface area contributed by atoms with Gasteiger partial charge in [0.25, 0.3) is 0 Å². The summed E-state index contributed by atoms with van der Waals surface area (Å²) < 4.78 is 290. The number of hydrogen-bond acceptors (Lipinski definition) is 6. The molecule has 0 aromatic carbocycles. The van der Waals surface area contributed by atoms with E-state index < -0.39 is 110 Å². The highest BCUT2D eigenvalue weighted by Crippen LogP contribution is 2.66. The monoisotopic (exact) mass is 726 g/mol. The van der Waals surface area contributed by atoms with Gasteiger partial charge in [0.15, 0.2) is 6.29 Å². The Hall–Kier alpha value is -1.71. The highest BCUT2D eigenvalue weighted by molar-refractivity contribution is 5.17. The maximum Gasteiger partial charge on any atom is 0.460 e. The van der Waals surface area contributed by atoms with E-state index in [1.807, 2.05) is 0 Å². The Bertz CT molecular complexity index is 1030. The third-order valence-electron chi connectivity index (χ3n) is 6.12. The minimum absolute atomic E-state index is 1.25. The van der Waals surface area contributed by atoms with Crippen molar-refractivity contribution < 1.29 is 122 Å². The lowest BCUT2D eigenvalue weighted by Crippen LogP contribution is -2.76. The lowest BCUT2D eigenvalue weighted by atomic mass is 9.86. The number of halogens is 21. The first-order valence-electron chi connectivity index (χ1n) is 10.9. The molecule has 1 aliphatic heterocycles. The predicted molar refractivity (Wildman–Crippen MR) is 94.9 cm³/mol. The van der Waals surface area contributed by atoms with Gasteiger partial charge in [-0.3, -0.25) is 0 Å². The summed E-state index contributed by atoms with van der Waals surface area (Å²) in [6, 6.07) is 0. The van der Waals surface area contributed by atoms with Gasteiger partial charge in [-0.05, 0) is 0 Å². The first kappa shape index (κ1) is 41.3. The summed E-state index contributed by atoms with van der Waals surface area (Å²) in [5.41, 5.74) is 0. The smallest absolute Gasteiger partial charge is 0.394 e. The van der Waals surface area contributed by atoms with Crippen LogP contribution < -0.4 is 0 Å². The Morgan fingerprint density at radius 2 is 0.800 bits per heavy atom. The number of ether oxygens (including phenoxy) is 2. The van der Waals surface area contributed by atoms with Crippen molar-refractivity contribution in [3.8, 4) is 0 Å². The first-order valence-corrected chi connectivity index (χ1v) is 10.9. The standard InChI is InChI=1S/C18H15F21O6/c19-9(20,1-2-44-8-7(43)6(42)5(41)4(3-40)45-8)10(21,22)11(23,24)12(25,26)13(27,28)14(29,30)15(31,32)16(33,34)17(35,36)18(37,38)39/h4-8,40-43H,1-3H2/t4-,5-,6+,7+,8+/m1/s1. The van der Waals surface area contributed by atoms with Crippen LogP contribution in [0.1, 0.15) is 6.42 Å². The Morgan fingerprint density at radius 1 is 0.467 bits per heavy atom. The fourth-order valence-corrected chi connectivity index (χ4v) is 3.26. The van der Waals surface area contributed by atoms with Crippen LogP contribution >= 0.6 is 0 Å². The average Bonchev–Trinajstić information content (AvgIpc) is 2.86. The van der Waals surface area contributed by atoms with E-state index in [-0.39, 0.29) is 0 Å². The normalized spacial score (nSPS) is 25.9. The molecular weight excluding hydrogens is 711 g/mol. The molecule has 0 saturated carbocycles. The van der Waals surface area contributed by atoms with E-state index in [1.54, 1.807) is 0 Å². The van der Waals surface area contributed by atoms with Crippen molar-refractivity contribution in [1.82, 2.24) is 0 Å². The molecule has 0 aromatic rings. The van der Waals surface area contributed by atoms with E-state index in [4.69, 9.17) is 5.11 Å². The highest BCUT2D eigenvalue weighted by atomic mass is 19.4. The van der Waals surface area contributed by atoms with Gasteiger partial charge >= 0.3 is 59.5 Å². The van der Waals surface area contributed by atoms with Crippen LogP contribution in [0.15, 0.2) is 0 Å². The molecule has 0 aliphatic carbocycles. The van der Waals surface area contributed by atoms with E-state index in [2.05, 4.69) is 9.47 Å². The zero-order valence-electron chi connectivity index (χ0n) is 20.6. The third-order valence-corrected chi connectivity index (χ3v) is 6.12. The molecule has 1 saturated heterocycles. The summed E-state index contributed by atoms with van der Waals surface area (Å²) in [7, 11) is 0. The van der Waals surface area contributed by atoms with Crippen molar-refractivity contribution in [2.45, 2.75) is 96.6 Å². The van der Waals surface area contributed by atoms with Gasteiger partial charge in [0, 0.05) is 6.42 Å². The molecular formula is C18H15F21O6. The topological polar surface area (TPSA) is 99.4 Å². The van der Waals surface area contributed by atoms with Gasteiger partial charge in [0.1, 0.15) is 24.4 Å². The number of aliphatic hydroxyl groups excluding tert-OH is 4. The van der Waals surface area contributed by atoms with Crippen molar-refractivity contribution in [2.24, 2.45) is 0 Å². The number of aliphatic hydroxyl groups is 4. The van der Waals surface area contributed by atoms with Gasteiger partial charge in [0.2, 0.25) is 0 Å². The highest BCUT2D eigenvalue weighted by Gasteiger charge is 2.97. The molecule has 6 nitrogen and oxygen atoms in total. The lowest BCUT2D eigenvalue weighted by molar-refractivity contribution is -0.474. The maximum absolute atomic E-state index is 14.0. The van der Waals surface area contributed by atoms with Crippen LogP contribution in [0, 0.1) is 0 Å². The molecule has 1 rings (SSSR count). The van der Waals surface area contributed by atoms with Crippen LogP contribution in [0.25, 0.3) is 0 Å². The lowest BCUT2D eigenvalue weighted by Gasteiger charge is -2.44. The fourth-order valence-electron chi connectivity index (χ4n) is 3.26. The Balaban J connectivity index is 3.45. The van der Waals surface area contributed by atoms with Crippen LogP contribution in [-0.4, -0.2) is 124 Å². The molecule has 5 atom stereocenters. The second-order valence-electron chi connectivity index (χ2n) is 9.12. The third kappa shape index (κ3) is 5.85. The summed E-state index contributed by atoms with van der Waals surface area (Å²) in [5.74, 6) is -78.1. The van der Waals surface area contributed by atoms with Crippen LogP contribution in [0.5, 0.6) is 0 Å². The van der Waals surface area contributed by atoms with Crippen molar-refractivity contribution in [1.29, 1.82) is 0 Å². The van der Waals surface area contributed by atoms with Gasteiger partial charge in [-0.25, -0.2) is 0 Å². The number of rotatable bonds is 13. The summed E-state index contributed by atoms with van der Waals surface area (Å²) in [6.07, 6.45) is -22.7.